The molecule has 1 heterocycles. The molecule has 0 N–H and O–H groups in total. The lowest BCUT2D eigenvalue weighted by atomic mass is 10.0. The Morgan fingerprint density at radius 2 is 2.29 bits per heavy atom. The summed E-state index contributed by atoms with van der Waals surface area (Å²) < 4.78 is 10.2. The first-order valence-corrected chi connectivity index (χ1v) is 5.58. The van der Waals surface area contributed by atoms with Gasteiger partial charge in [-0.3, -0.25) is 9.59 Å². The summed E-state index contributed by atoms with van der Waals surface area (Å²) >= 11 is 0. The van der Waals surface area contributed by atoms with Gasteiger partial charge in [-0.2, -0.15) is 0 Å². The van der Waals surface area contributed by atoms with Crippen LogP contribution in [0.2, 0.25) is 0 Å². The number of rotatable bonds is 5. The summed E-state index contributed by atoms with van der Waals surface area (Å²) in [7, 11) is 1.49. The van der Waals surface area contributed by atoms with E-state index in [4.69, 9.17) is 9.15 Å². The van der Waals surface area contributed by atoms with Gasteiger partial charge in [-0.1, -0.05) is 0 Å². The summed E-state index contributed by atoms with van der Waals surface area (Å²) in [5.74, 6) is 1.02. The Bertz CT molecular complexity index is 454. The average Bonchev–Trinajstić information content (AvgIpc) is 2.94. The predicted octanol–water partition coefficient (Wildman–Crippen LogP) is 2.04. The van der Waals surface area contributed by atoms with Gasteiger partial charge in [-0.25, -0.2) is 0 Å². The molecule has 0 amide bonds. The Morgan fingerprint density at radius 1 is 1.47 bits per heavy atom. The second-order valence-corrected chi connectivity index (χ2v) is 3.93. The van der Waals surface area contributed by atoms with Crippen LogP contribution in [0, 0.1) is 0 Å². The number of allylic oxidation sites excluding steroid dienone is 2. The van der Waals surface area contributed by atoms with Crippen LogP contribution in [0.25, 0.3) is 0 Å². The van der Waals surface area contributed by atoms with E-state index in [0.29, 0.717) is 25.0 Å². The molecule has 0 aromatic carbocycles. The molecular weight excluding hydrogens is 220 g/mol. The van der Waals surface area contributed by atoms with Crippen molar-refractivity contribution in [2.24, 2.45) is 0 Å². The zero-order valence-corrected chi connectivity index (χ0v) is 9.69. The second kappa shape index (κ2) is 4.99. The summed E-state index contributed by atoms with van der Waals surface area (Å²) in [6.45, 7) is 0. The number of hydrogen-bond acceptors (Lipinski definition) is 4. The van der Waals surface area contributed by atoms with Crippen LogP contribution in [0.3, 0.4) is 0 Å². The highest BCUT2D eigenvalue weighted by Gasteiger charge is 2.29. The smallest absolute Gasteiger partial charge is 0.170 e. The van der Waals surface area contributed by atoms with Crippen molar-refractivity contribution in [3.63, 3.8) is 0 Å². The minimum Gasteiger partial charge on any atom is -0.500 e. The number of ketones is 2. The highest BCUT2D eigenvalue weighted by molar-refractivity contribution is 6.21. The van der Waals surface area contributed by atoms with Gasteiger partial charge < -0.3 is 9.15 Å². The number of ether oxygens (including phenoxy) is 1. The molecule has 2 rings (SSSR count). The number of methoxy groups -OCH3 is 1. The summed E-state index contributed by atoms with van der Waals surface area (Å²) in [5.41, 5.74) is 0.249. The number of hydrogen-bond donors (Lipinski definition) is 0. The maximum absolute atomic E-state index is 11.9. The molecule has 0 saturated carbocycles. The Morgan fingerprint density at radius 3 is 2.94 bits per heavy atom. The first-order chi connectivity index (χ1) is 8.22. The maximum Gasteiger partial charge on any atom is 0.170 e. The van der Waals surface area contributed by atoms with Crippen molar-refractivity contribution < 1.29 is 18.7 Å². The van der Waals surface area contributed by atoms with Gasteiger partial charge in [0, 0.05) is 25.7 Å². The molecule has 0 aliphatic heterocycles. The largest absolute Gasteiger partial charge is 0.500 e. The van der Waals surface area contributed by atoms with Gasteiger partial charge in [0.05, 0.1) is 18.9 Å². The highest BCUT2D eigenvalue weighted by atomic mass is 16.5. The van der Waals surface area contributed by atoms with E-state index in [2.05, 4.69) is 0 Å². The maximum atomic E-state index is 11.9. The van der Waals surface area contributed by atoms with E-state index in [1.807, 2.05) is 6.07 Å². The number of carbonyl (C=O) groups is 2. The van der Waals surface area contributed by atoms with Crippen LogP contribution in [-0.4, -0.2) is 18.7 Å². The first-order valence-electron chi connectivity index (χ1n) is 5.58. The third-order valence-corrected chi connectivity index (χ3v) is 2.84. The monoisotopic (exact) mass is 234 g/mol. The van der Waals surface area contributed by atoms with E-state index in [-0.39, 0.29) is 23.6 Å². The number of carbonyl (C=O) groups excluding carboxylic acids is 2. The minimum atomic E-state index is -0.152. The molecule has 0 unspecified atom stereocenters. The van der Waals surface area contributed by atoms with Crippen molar-refractivity contribution in [2.45, 2.75) is 25.7 Å². The average molecular weight is 234 g/mol. The first kappa shape index (κ1) is 11.6. The molecule has 90 valence electrons. The zero-order chi connectivity index (χ0) is 12.3. The summed E-state index contributed by atoms with van der Waals surface area (Å²) in [6.07, 6.45) is 3.28. The fourth-order valence-corrected chi connectivity index (χ4v) is 1.96. The topological polar surface area (TPSA) is 56.5 Å². The molecular formula is C13H14O4. The lowest BCUT2D eigenvalue weighted by Crippen LogP contribution is -2.11. The van der Waals surface area contributed by atoms with Gasteiger partial charge in [0.1, 0.15) is 11.5 Å². The van der Waals surface area contributed by atoms with Crippen molar-refractivity contribution in [3.8, 4) is 0 Å². The third kappa shape index (κ3) is 2.46. The molecule has 1 aromatic heterocycles. The van der Waals surface area contributed by atoms with Gasteiger partial charge in [-0.05, 0) is 12.1 Å². The van der Waals surface area contributed by atoms with E-state index in [1.54, 1.807) is 12.3 Å². The normalized spacial score (nSPS) is 15.5. The van der Waals surface area contributed by atoms with Crippen LogP contribution in [0.5, 0.6) is 0 Å². The quantitative estimate of drug-likeness (QED) is 0.731. The molecule has 0 bridgehead atoms. The van der Waals surface area contributed by atoms with E-state index in [1.165, 1.54) is 7.11 Å². The summed E-state index contributed by atoms with van der Waals surface area (Å²) in [5, 5.41) is 0. The van der Waals surface area contributed by atoms with Crippen molar-refractivity contribution in [3.05, 3.63) is 35.5 Å². The van der Waals surface area contributed by atoms with Crippen molar-refractivity contribution in [1.82, 2.24) is 0 Å². The Balaban J connectivity index is 2.02. The fraction of sp³-hybridized carbons (Fsp3) is 0.385. The Labute approximate surface area is 99.3 Å². The molecule has 0 radical (unpaired) electrons. The molecule has 1 aliphatic carbocycles. The second-order valence-electron chi connectivity index (χ2n) is 3.93. The zero-order valence-electron chi connectivity index (χ0n) is 9.69. The van der Waals surface area contributed by atoms with Crippen molar-refractivity contribution in [2.75, 3.05) is 7.11 Å². The lowest BCUT2D eigenvalue weighted by Gasteiger charge is -2.03. The molecule has 1 aromatic rings. The SMILES string of the molecule is COC1=C(C(=O)CCc2ccco2)C(=O)CC1. The Hall–Kier alpha value is -1.84. The van der Waals surface area contributed by atoms with Crippen LogP contribution in [0.4, 0.5) is 0 Å². The fourth-order valence-electron chi connectivity index (χ4n) is 1.96. The van der Waals surface area contributed by atoms with Gasteiger partial charge in [0.15, 0.2) is 11.6 Å². The van der Waals surface area contributed by atoms with E-state index in [9.17, 15) is 9.59 Å². The lowest BCUT2D eigenvalue weighted by molar-refractivity contribution is -0.121. The molecule has 4 nitrogen and oxygen atoms in total. The molecule has 0 fully saturated rings. The molecule has 0 saturated heterocycles. The van der Waals surface area contributed by atoms with E-state index in [0.717, 1.165) is 5.76 Å². The van der Waals surface area contributed by atoms with Gasteiger partial charge >= 0.3 is 0 Å². The number of furan rings is 1. The van der Waals surface area contributed by atoms with Gasteiger partial charge in [0.2, 0.25) is 0 Å². The van der Waals surface area contributed by atoms with Crippen molar-refractivity contribution >= 4 is 11.6 Å². The molecule has 17 heavy (non-hydrogen) atoms. The number of aryl methyl sites for hydroxylation is 1. The standard InChI is InChI=1S/C13H14O4/c1-16-12-7-6-11(15)13(12)10(14)5-4-9-3-2-8-17-9/h2-3,8H,4-7H2,1H3. The molecule has 1 aliphatic rings. The summed E-state index contributed by atoms with van der Waals surface area (Å²) in [4.78, 5) is 23.5. The summed E-state index contributed by atoms with van der Waals surface area (Å²) in [6, 6.07) is 3.59. The van der Waals surface area contributed by atoms with Gasteiger partial charge in [-0.15, -0.1) is 0 Å². The molecule has 0 spiro atoms. The van der Waals surface area contributed by atoms with Crippen LogP contribution in [0.15, 0.2) is 34.1 Å². The van der Waals surface area contributed by atoms with Gasteiger partial charge in [0.25, 0.3) is 0 Å². The van der Waals surface area contributed by atoms with Crippen LogP contribution < -0.4 is 0 Å². The van der Waals surface area contributed by atoms with Crippen molar-refractivity contribution in [1.29, 1.82) is 0 Å². The van der Waals surface area contributed by atoms with Crippen LogP contribution in [0.1, 0.15) is 25.0 Å². The molecule has 4 heteroatoms. The van der Waals surface area contributed by atoms with Crippen LogP contribution in [-0.2, 0) is 20.7 Å². The highest BCUT2D eigenvalue weighted by Crippen LogP contribution is 2.25. The predicted molar refractivity (Wildman–Crippen MR) is 60.3 cm³/mol. The third-order valence-electron chi connectivity index (χ3n) is 2.84. The van der Waals surface area contributed by atoms with E-state index < -0.39 is 0 Å². The van der Waals surface area contributed by atoms with E-state index >= 15 is 0 Å². The minimum absolute atomic E-state index is 0.105. The Kier molecular flexibility index (Phi) is 3.42. The number of Topliss-reactive ketones (excluding diaryl/α,β-unsaturated/α-hetero) is 2. The van der Waals surface area contributed by atoms with Crippen LogP contribution >= 0.6 is 0 Å². The molecule has 0 atom stereocenters.